The molecule has 2 unspecified atom stereocenters. The molecular formula is C15H25N3O2. The fraction of sp³-hybridized carbons (Fsp3) is 0.733. The number of piperidine rings is 1. The van der Waals surface area contributed by atoms with Crippen molar-refractivity contribution in [1.29, 1.82) is 0 Å². The van der Waals surface area contributed by atoms with E-state index in [1.165, 1.54) is 12.0 Å². The lowest BCUT2D eigenvalue weighted by molar-refractivity contribution is -0.138. The molecule has 5 heteroatoms. The zero-order valence-electron chi connectivity index (χ0n) is 12.5. The van der Waals surface area contributed by atoms with Gasteiger partial charge in [-0.2, -0.15) is 5.10 Å². The minimum Gasteiger partial charge on any atom is -0.481 e. The third-order valence-corrected chi connectivity index (χ3v) is 4.32. The van der Waals surface area contributed by atoms with Crippen molar-refractivity contribution < 1.29 is 9.90 Å². The van der Waals surface area contributed by atoms with Crippen molar-refractivity contribution in [2.75, 3.05) is 19.6 Å². The first-order valence-corrected chi connectivity index (χ1v) is 7.46. The average Bonchev–Trinajstić information content (AvgIpc) is 2.82. The van der Waals surface area contributed by atoms with Crippen LogP contribution >= 0.6 is 0 Å². The highest BCUT2D eigenvalue weighted by atomic mass is 16.4. The van der Waals surface area contributed by atoms with Crippen molar-refractivity contribution in [3.8, 4) is 0 Å². The van der Waals surface area contributed by atoms with Crippen molar-refractivity contribution in [3.63, 3.8) is 0 Å². The molecule has 5 nitrogen and oxygen atoms in total. The molecule has 2 atom stereocenters. The number of hydrogen-bond donors (Lipinski definition) is 1. The first kappa shape index (κ1) is 15.0. The Hall–Kier alpha value is -1.36. The summed E-state index contributed by atoms with van der Waals surface area (Å²) in [6, 6.07) is 0. The van der Waals surface area contributed by atoms with Crippen LogP contribution in [-0.2, 0) is 18.3 Å². The SMILES string of the molecule is CC(CC(=O)O)C1CCCN(CCc2cnn(C)c2)C1. The van der Waals surface area contributed by atoms with Crippen LogP contribution in [0.4, 0.5) is 0 Å². The molecule has 0 amide bonds. The number of carboxylic acid groups (broad SMARTS) is 1. The lowest BCUT2D eigenvalue weighted by Crippen LogP contribution is -2.39. The Bertz CT molecular complexity index is 444. The summed E-state index contributed by atoms with van der Waals surface area (Å²) in [4.78, 5) is 13.3. The average molecular weight is 279 g/mol. The Labute approximate surface area is 120 Å². The Balaban J connectivity index is 1.79. The Morgan fingerprint density at radius 1 is 1.60 bits per heavy atom. The maximum absolute atomic E-state index is 10.8. The lowest BCUT2D eigenvalue weighted by Gasteiger charge is -2.35. The third-order valence-electron chi connectivity index (χ3n) is 4.32. The number of carbonyl (C=O) groups is 1. The maximum atomic E-state index is 10.8. The van der Waals surface area contributed by atoms with Crippen molar-refractivity contribution in [2.45, 2.75) is 32.6 Å². The van der Waals surface area contributed by atoms with Crippen LogP contribution in [-0.4, -0.2) is 45.4 Å². The Kier molecular flexibility index (Phi) is 5.17. The second-order valence-electron chi connectivity index (χ2n) is 6.05. The maximum Gasteiger partial charge on any atom is 0.303 e. The molecule has 1 aromatic rings. The highest BCUT2D eigenvalue weighted by molar-refractivity contribution is 5.67. The molecule has 0 radical (unpaired) electrons. The molecule has 1 aliphatic heterocycles. The van der Waals surface area contributed by atoms with Gasteiger partial charge in [-0.1, -0.05) is 6.92 Å². The molecule has 1 aliphatic rings. The normalized spacial score (nSPS) is 21.8. The quantitative estimate of drug-likeness (QED) is 0.862. The van der Waals surface area contributed by atoms with Crippen LogP contribution in [0.25, 0.3) is 0 Å². The smallest absolute Gasteiger partial charge is 0.303 e. The summed E-state index contributed by atoms with van der Waals surface area (Å²) in [5.41, 5.74) is 1.27. The van der Waals surface area contributed by atoms with Crippen molar-refractivity contribution in [2.24, 2.45) is 18.9 Å². The van der Waals surface area contributed by atoms with E-state index in [0.29, 0.717) is 12.3 Å². The van der Waals surface area contributed by atoms with Crippen LogP contribution in [0.5, 0.6) is 0 Å². The molecule has 0 bridgehead atoms. The van der Waals surface area contributed by atoms with Gasteiger partial charge in [-0.3, -0.25) is 9.48 Å². The van der Waals surface area contributed by atoms with Gasteiger partial charge in [0.15, 0.2) is 0 Å². The molecule has 1 saturated heterocycles. The predicted octanol–water partition coefficient (Wildman–Crippen LogP) is 1.79. The minimum absolute atomic E-state index is 0.272. The van der Waals surface area contributed by atoms with Crippen LogP contribution < -0.4 is 0 Å². The van der Waals surface area contributed by atoms with Gasteiger partial charge in [-0.25, -0.2) is 0 Å². The van der Waals surface area contributed by atoms with Crippen molar-refractivity contribution in [3.05, 3.63) is 18.0 Å². The standard InChI is InChI=1S/C15H25N3O2/c1-12(8-15(19)20)14-4-3-6-18(11-14)7-5-13-9-16-17(2)10-13/h9-10,12,14H,3-8,11H2,1-2H3,(H,19,20). The van der Waals surface area contributed by atoms with Crippen LogP contribution in [0.15, 0.2) is 12.4 Å². The zero-order valence-corrected chi connectivity index (χ0v) is 12.5. The van der Waals surface area contributed by atoms with E-state index in [-0.39, 0.29) is 5.92 Å². The summed E-state index contributed by atoms with van der Waals surface area (Å²) < 4.78 is 1.84. The first-order chi connectivity index (χ1) is 9.54. The number of aromatic nitrogens is 2. The topological polar surface area (TPSA) is 58.4 Å². The van der Waals surface area contributed by atoms with E-state index in [9.17, 15) is 4.79 Å². The van der Waals surface area contributed by atoms with E-state index in [4.69, 9.17) is 5.11 Å². The molecule has 0 aromatic carbocycles. The highest BCUT2D eigenvalue weighted by Crippen LogP contribution is 2.26. The van der Waals surface area contributed by atoms with Gasteiger partial charge in [0.2, 0.25) is 0 Å². The molecule has 0 spiro atoms. The third kappa shape index (κ3) is 4.34. The number of aryl methyl sites for hydroxylation is 1. The van der Waals surface area contributed by atoms with E-state index < -0.39 is 5.97 Å². The van der Waals surface area contributed by atoms with Crippen LogP contribution in [0.1, 0.15) is 31.7 Å². The summed E-state index contributed by atoms with van der Waals surface area (Å²) in [6.07, 6.45) is 7.65. The van der Waals surface area contributed by atoms with E-state index in [1.54, 1.807) is 0 Å². The predicted molar refractivity (Wildman–Crippen MR) is 77.5 cm³/mol. The van der Waals surface area contributed by atoms with Crippen molar-refractivity contribution in [1.82, 2.24) is 14.7 Å². The summed E-state index contributed by atoms with van der Waals surface area (Å²) in [5.74, 6) is 0.118. The molecule has 1 aromatic heterocycles. The van der Waals surface area contributed by atoms with Gasteiger partial charge in [0, 0.05) is 32.8 Å². The zero-order chi connectivity index (χ0) is 14.5. The Morgan fingerprint density at radius 2 is 2.40 bits per heavy atom. The molecule has 1 N–H and O–H groups in total. The number of nitrogens with zero attached hydrogens (tertiary/aromatic N) is 3. The van der Waals surface area contributed by atoms with Gasteiger partial charge < -0.3 is 10.0 Å². The molecule has 0 aliphatic carbocycles. The van der Waals surface area contributed by atoms with E-state index in [2.05, 4.69) is 23.1 Å². The number of hydrogen-bond acceptors (Lipinski definition) is 3. The van der Waals surface area contributed by atoms with Gasteiger partial charge >= 0.3 is 5.97 Å². The summed E-state index contributed by atoms with van der Waals surface area (Å²) in [5, 5.41) is 13.1. The monoisotopic (exact) mass is 279 g/mol. The second kappa shape index (κ2) is 6.88. The number of likely N-dealkylation sites (tertiary alicyclic amines) is 1. The molecule has 0 saturated carbocycles. The summed E-state index contributed by atoms with van der Waals surface area (Å²) in [7, 11) is 1.94. The highest BCUT2D eigenvalue weighted by Gasteiger charge is 2.25. The summed E-state index contributed by atoms with van der Waals surface area (Å²) in [6.45, 7) is 5.29. The fourth-order valence-electron chi connectivity index (χ4n) is 3.09. The minimum atomic E-state index is -0.676. The molecule has 1 fully saturated rings. The summed E-state index contributed by atoms with van der Waals surface area (Å²) >= 11 is 0. The van der Waals surface area contributed by atoms with Crippen LogP contribution in [0.2, 0.25) is 0 Å². The van der Waals surface area contributed by atoms with Gasteiger partial charge in [0.25, 0.3) is 0 Å². The van der Waals surface area contributed by atoms with E-state index in [1.807, 2.05) is 17.9 Å². The molecule has 112 valence electrons. The fourth-order valence-corrected chi connectivity index (χ4v) is 3.09. The van der Waals surface area contributed by atoms with Crippen LogP contribution in [0, 0.1) is 11.8 Å². The second-order valence-corrected chi connectivity index (χ2v) is 6.05. The van der Waals surface area contributed by atoms with E-state index in [0.717, 1.165) is 32.5 Å². The molecule has 20 heavy (non-hydrogen) atoms. The molecule has 2 rings (SSSR count). The van der Waals surface area contributed by atoms with E-state index >= 15 is 0 Å². The molecular weight excluding hydrogens is 254 g/mol. The first-order valence-electron chi connectivity index (χ1n) is 7.46. The number of rotatable bonds is 6. The van der Waals surface area contributed by atoms with Gasteiger partial charge in [-0.15, -0.1) is 0 Å². The molecule has 2 heterocycles. The largest absolute Gasteiger partial charge is 0.481 e. The lowest BCUT2D eigenvalue weighted by atomic mass is 9.84. The van der Waals surface area contributed by atoms with Gasteiger partial charge in [0.1, 0.15) is 0 Å². The number of carboxylic acids is 1. The van der Waals surface area contributed by atoms with Gasteiger partial charge in [-0.05, 0) is 43.2 Å². The number of aliphatic carboxylic acids is 1. The van der Waals surface area contributed by atoms with Crippen molar-refractivity contribution >= 4 is 5.97 Å². The van der Waals surface area contributed by atoms with Gasteiger partial charge in [0.05, 0.1) is 6.20 Å². The Morgan fingerprint density at radius 3 is 3.05 bits per heavy atom. The van der Waals surface area contributed by atoms with Crippen LogP contribution in [0.3, 0.4) is 0 Å².